The van der Waals surface area contributed by atoms with Crippen molar-refractivity contribution in [3.05, 3.63) is 26.3 Å². The zero-order valence-corrected chi connectivity index (χ0v) is 17.8. The number of rotatable bonds is 4. The summed E-state index contributed by atoms with van der Waals surface area (Å²) in [6, 6.07) is -1.50. The number of methoxy groups -OCH3 is 2. The van der Waals surface area contributed by atoms with Gasteiger partial charge in [-0.25, -0.2) is 36.9 Å². The molecular formula is C13H14N4O9S3. The molecule has 2 heterocycles. The van der Waals surface area contributed by atoms with E-state index in [0.29, 0.717) is 4.68 Å². The van der Waals surface area contributed by atoms with Crippen LogP contribution in [0.5, 0.6) is 6.01 Å². The van der Waals surface area contributed by atoms with E-state index in [1.165, 1.54) is 26.5 Å². The number of thiophene rings is 1. The lowest BCUT2D eigenvalue weighted by atomic mass is 10.3. The number of aromatic nitrogens is 3. The van der Waals surface area contributed by atoms with Crippen molar-refractivity contribution < 1.29 is 36.5 Å². The number of carbonyl (C=O) groups excluding carboxylic acids is 3. The highest BCUT2D eigenvalue weighted by molar-refractivity contribution is 7.90. The van der Waals surface area contributed by atoms with E-state index in [1.807, 2.05) is 0 Å². The molecule has 29 heavy (non-hydrogen) atoms. The van der Waals surface area contributed by atoms with Crippen LogP contribution in [-0.2, 0) is 37.9 Å². The molecule has 13 nitrogen and oxygen atoms in total. The van der Waals surface area contributed by atoms with Crippen molar-refractivity contribution in [3.8, 4) is 6.01 Å². The lowest BCUT2D eigenvalue weighted by Gasteiger charge is -2.07. The summed E-state index contributed by atoms with van der Waals surface area (Å²) in [5.74, 6) is -0.867. The highest BCUT2D eigenvalue weighted by Crippen LogP contribution is 2.27. The predicted molar refractivity (Wildman–Crippen MR) is 99.4 cm³/mol. The van der Waals surface area contributed by atoms with Gasteiger partial charge >= 0.3 is 23.7 Å². The predicted octanol–water partition coefficient (Wildman–Crippen LogP) is -1.04. The van der Waals surface area contributed by atoms with Crippen LogP contribution in [0.2, 0.25) is 0 Å². The normalized spacial score (nSPS) is 10.2. The Balaban J connectivity index is 0.000000960. The smallest absolute Gasteiger partial charge is 0.360 e. The lowest BCUT2D eigenvalue weighted by Crippen LogP contribution is -2.40. The Hall–Kier alpha value is -3.07. The molecule has 0 aliphatic heterocycles. The molecule has 0 spiro atoms. The fraction of sp³-hybridized carbons (Fsp3) is 0.308. The Morgan fingerprint density at radius 2 is 1.93 bits per heavy atom. The second kappa shape index (κ2) is 9.92. The molecule has 0 aromatic carbocycles. The molecule has 0 atom stereocenters. The molecule has 0 fully saturated rings. The van der Waals surface area contributed by atoms with E-state index >= 15 is 0 Å². The molecule has 2 rings (SSSR count). The maximum Gasteiger partial charge on any atom is 0.360 e. The van der Waals surface area contributed by atoms with E-state index in [2.05, 4.69) is 9.84 Å². The molecular weight excluding hydrogens is 452 g/mol. The molecule has 0 radical (unpaired) electrons. The van der Waals surface area contributed by atoms with Crippen molar-refractivity contribution in [2.24, 2.45) is 7.05 Å². The van der Waals surface area contributed by atoms with Gasteiger partial charge in [0.15, 0.2) is 11.3 Å². The number of nitrogens with one attached hydrogen (secondary N) is 1. The SMILES string of the molecule is COC(=O)c1csc(C)c1S(=O)(=O)NC(=O)n1nc(OC)n(C)c1=O.O=C=S=O. The third-order valence-electron chi connectivity index (χ3n) is 3.16. The lowest BCUT2D eigenvalue weighted by molar-refractivity contribution is 0.0597. The quantitative estimate of drug-likeness (QED) is 0.433. The van der Waals surface area contributed by atoms with E-state index < -0.39 is 32.6 Å². The van der Waals surface area contributed by atoms with E-state index in [9.17, 15) is 22.8 Å². The van der Waals surface area contributed by atoms with Gasteiger partial charge in [-0.1, -0.05) is 0 Å². The van der Waals surface area contributed by atoms with Crippen LogP contribution >= 0.6 is 11.3 Å². The van der Waals surface area contributed by atoms with Crippen LogP contribution in [0.1, 0.15) is 15.2 Å². The summed E-state index contributed by atoms with van der Waals surface area (Å²) in [4.78, 5) is 44.3. The van der Waals surface area contributed by atoms with Crippen LogP contribution < -0.4 is 15.1 Å². The van der Waals surface area contributed by atoms with Crippen LogP contribution in [0.3, 0.4) is 0 Å². The Morgan fingerprint density at radius 1 is 1.34 bits per heavy atom. The second-order valence-corrected chi connectivity index (χ2v) is 7.88. The summed E-state index contributed by atoms with van der Waals surface area (Å²) in [5, 5.41) is 5.91. The van der Waals surface area contributed by atoms with Crippen molar-refractivity contribution in [1.82, 2.24) is 19.1 Å². The Kier molecular flexibility index (Phi) is 8.20. The average molecular weight is 466 g/mol. The first-order valence-corrected chi connectivity index (χ1v) is 10.3. The van der Waals surface area contributed by atoms with Gasteiger partial charge in [0.05, 0.1) is 19.8 Å². The first-order valence-electron chi connectivity index (χ1n) is 7.15. The minimum Gasteiger partial charge on any atom is -0.467 e. The topological polar surface area (TPSA) is 173 Å². The fourth-order valence-corrected chi connectivity index (χ4v) is 4.47. The number of ether oxygens (including phenoxy) is 2. The Labute approximate surface area is 171 Å². The third kappa shape index (κ3) is 5.26. The molecule has 0 saturated carbocycles. The molecule has 0 bridgehead atoms. The number of carbonyl (C=O) groups is 2. The van der Waals surface area contributed by atoms with Gasteiger partial charge < -0.3 is 9.47 Å². The molecule has 1 N–H and O–H groups in total. The van der Waals surface area contributed by atoms with Crippen LogP contribution in [-0.4, -0.2) is 58.4 Å². The van der Waals surface area contributed by atoms with E-state index in [-0.39, 0.29) is 27.7 Å². The van der Waals surface area contributed by atoms with E-state index in [1.54, 1.807) is 4.72 Å². The molecule has 0 unspecified atom stereocenters. The summed E-state index contributed by atoms with van der Waals surface area (Å²) in [6.45, 7) is 1.46. The zero-order valence-electron chi connectivity index (χ0n) is 15.3. The van der Waals surface area contributed by atoms with Crippen molar-refractivity contribution >= 4 is 49.8 Å². The van der Waals surface area contributed by atoms with Gasteiger partial charge in [0.25, 0.3) is 10.0 Å². The number of amides is 1. The monoisotopic (exact) mass is 466 g/mol. The summed E-state index contributed by atoms with van der Waals surface area (Å²) < 4.78 is 46.0. The number of esters is 1. The summed E-state index contributed by atoms with van der Waals surface area (Å²) in [5.41, 5.74) is -1.11. The number of hydrogen-bond donors (Lipinski definition) is 1. The zero-order chi connectivity index (χ0) is 22.4. The fourth-order valence-electron chi connectivity index (χ4n) is 1.97. The first kappa shape index (κ1) is 24.0. The molecule has 16 heteroatoms. The second-order valence-electron chi connectivity index (χ2n) is 4.84. The standard InChI is InChI=1S/C12H14N4O7S2.CO2S/c1-6-8(7(5-24-6)9(17)22-3)25(20,21)14-10(18)16-12(19)15(2)11(13-16)23-4;2-1-4-3/h5H,1-4H3,(H,14,18);. The van der Waals surface area contributed by atoms with Gasteiger partial charge in [-0.3, -0.25) is 0 Å². The van der Waals surface area contributed by atoms with Gasteiger partial charge in [0.2, 0.25) is 5.23 Å². The largest absolute Gasteiger partial charge is 0.467 e. The summed E-state index contributed by atoms with van der Waals surface area (Å²) >= 11 is 0.799. The van der Waals surface area contributed by atoms with Crippen LogP contribution in [0.4, 0.5) is 4.79 Å². The average Bonchev–Trinajstić information content (AvgIpc) is 3.21. The van der Waals surface area contributed by atoms with Gasteiger partial charge in [-0.15, -0.1) is 21.1 Å². The third-order valence-corrected chi connectivity index (χ3v) is 5.78. The van der Waals surface area contributed by atoms with Crippen LogP contribution in [0.15, 0.2) is 15.1 Å². The number of nitrogens with zero attached hydrogens (tertiary/aromatic N) is 3. The minimum atomic E-state index is -4.45. The Bertz CT molecular complexity index is 1150. The van der Waals surface area contributed by atoms with E-state index in [4.69, 9.17) is 13.7 Å². The van der Waals surface area contributed by atoms with Crippen molar-refractivity contribution in [2.75, 3.05) is 14.2 Å². The van der Waals surface area contributed by atoms with Crippen molar-refractivity contribution in [2.45, 2.75) is 11.8 Å². The Morgan fingerprint density at radius 3 is 2.38 bits per heavy atom. The number of sulfonamides is 1. The van der Waals surface area contributed by atoms with Gasteiger partial charge in [0.1, 0.15) is 4.90 Å². The molecule has 0 aliphatic rings. The maximum atomic E-state index is 12.5. The highest BCUT2D eigenvalue weighted by atomic mass is 32.2. The van der Waals surface area contributed by atoms with Crippen LogP contribution in [0, 0.1) is 6.92 Å². The summed E-state index contributed by atoms with van der Waals surface area (Å²) in [7, 11) is -0.816. The maximum absolute atomic E-state index is 12.5. The molecule has 2 aromatic heterocycles. The molecule has 0 aliphatic carbocycles. The summed E-state index contributed by atoms with van der Waals surface area (Å²) in [6.07, 6.45) is 0. The van der Waals surface area contributed by atoms with E-state index in [0.717, 1.165) is 28.2 Å². The number of hydrogen-bond acceptors (Lipinski definition) is 11. The van der Waals surface area contributed by atoms with Gasteiger partial charge in [-0.05, 0) is 6.92 Å². The number of aryl methyl sites for hydroxylation is 1. The molecule has 0 saturated heterocycles. The van der Waals surface area contributed by atoms with Gasteiger partial charge in [0, 0.05) is 17.3 Å². The first-order chi connectivity index (χ1) is 13.5. The van der Waals surface area contributed by atoms with Crippen LogP contribution in [0.25, 0.3) is 0 Å². The van der Waals surface area contributed by atoms with Crippen molar-refractivity contribution in [3.63, 3.8) is 0 Å². The highest BCUT2D eigenvalue weighted by Gasteiger charge is 2.30. The van der Waals surface area contributed by atoms with Gasteiger partial charge in [-0.2, -0.15) is 4.21 Å². The molecule has 2 aromatic rings. The molecule has 1 amide bonds. The minimum absolute atomic E-state index is 0.181. The van der Waals surface area contributed by atoms with Crippen molar-refractivity contribution in [1.29, 1.82) is 0 Å². The molecule has 158 valence electrons.